The van der Waals surface area contributed by atoms with Gasteiger partial charge in [-0.15, -0.1) is 0 Å². The van der Waals surface area contributed by atoms with E-state index in [-0.39, 0.29) is 0 Å². The fraction of sp³-hybridized carbons (Fsp3) is 0.333. The van der Waals surface area contributed by atoms with Crippen molar-refractivity contribution in [2.45, 2.75) is 20.3 Å². The van der Waals surface area contributed by atoms with E-state index in [1.165, 1.54) is 0 Å². The summed E-state index contributed by atoms with van der Waals surface area (Å²) < 4.78 is 5.21. The second-order valence-corrected chi connectivity index (χ2v) is 4.94. The number of ether oxygens (including phenoxy) is 1. The summed E-state index contributed by atoms with van der Waals surface area (Å²) in [7, 11) is 1.64. The Balaban J connectivity index is 2.40. The predicted octanol–water partition coefficient (Wildman–Crippen LogP) is 2.93. The number of nitrogen functional groups attached to an aromatic ring is 1. The minimum atomic E-state index is 0.503. The molecule has 0 aliphatic heterocycles. The van der Waals surface area contributed by atoms with Gasteiger partial charge in [0, 0.05) is 17.3 Å². The molecule has 1 aromatic carbocycles. The van der Waals surface area contributed by atoms with E-state index in [1.807, 2.05) is 30.3 Å². The minimum absolute atomic E-state index is 0.503. The van der Waals surface area contributed by atoms with Crippen LogP contribution in [0.5, 0.6) is 5.75 Å². The molecule has 0 fully saturated rings. The molecule has 2 N–H and O–H groups in total. The Morgan fingerprint density at radius 1 is 1.21 bits per heavy atom. The van der Waals surface area contributed by atoms with Crippen LogP contribution < -0.4 is 10.5 Å². The molecular weight excluding hydrogens is 238 g/mol. The molecule has 0 bridgehead atoms. The van der Waals surface area contributed by atoms with Gasteiger partial charge in [-0.05, 0) is 24.5 Å². The number of aromatic nitrogens is 2. The van der Waals surface area contributed by atoms with E-state index in [9.17, 15) is 0 Å². The highest BCUT2D eigenvalue weighted by Gasteiger charge is 2.07. The predicted molar refractivity (Wildman–Crippen MR) is 77.0 cm³/mol. The Morgan fingerprint density at radius 2 is 2.00 bits per heavy atom. The number of benzene rings is 1. The first-order valence-corrected chi connectivity index (χ1v) is 6.36. The maximum atomic E-state index is 5.86. The smallest absolute Gasteiger partial charge is 0.161 e. The lowest BCUT2D eigenvalue weighted by molar-refractivity contribution is 0.415. The number of methoxy groups -OCH3 is 1. The van der Waals surface area contributed by atoms with Gasteiger partial charge in [-0.25, -0.2) is 9.97 Å². The van der Waals surface area contributed by atoms with Crippen LogP contribution in [0, 0.1) is 5.92 Å². The van der Waals surface area contributed by atoms with Gasteiger partial charge in [-0.3, -0.25) is 0 Å². The number of hydrogen-bond acceptors (Lipinski definition) is 4. The van der Waals surface area contributed by atoms with Crippen LogP contribution in [0.4, 0.5) is 5.82 Å². The highest BCUT2D eigenvalue weighted by atomic mass is 16.5. The van der Waals surface area contributed by atoms with Gasteiger partial charge >= 0.3 is 0 Å². The molecule has 0 aliphatic rings. The molecule has 4 nitrogen and oxygen atoms in total. The van der Waals surface area contributed by atoms with Crippen molar-refractivity contribution in [3.63, 3.8) is 0 Å². The van der Waals surface area contributed by atoms with E-state index in [0.29, 0.717) is 17.6 Å². The van der Waals surface area contributed by atoms with Gasteiger partial charge in [-0.1, -0.05) is 26.0 Å². The number of hydrogen-bond donors (Lipinski definition) is 1. The molecule has 0 atom stereocenters. The molecule has 0 unspecified atom stereocenters. The first kappa shape index (κ1) is 13.3. The van der Waals surface area contributed by atoms with Crippen LogP contribution in [0.1, 0.15) is 19.5 Å². The SMILES string of the molecule is COc1cccc(-c2nc(N)cc(CC(C)C)n2)c1. The molecular formula is C15H19N3O. The molecule has 1 aromatic heterocycles. The van der Waals surface area contributed by atoms with Crippen LogP contribution in [0.15, 0.2) is 30.3 Å². The van der Waals surface area contributed by atoms with Crippen molar-refractivity contribution in [1.82, 2.24) is 9.97 Å². The van der Waals surface area contributed by atoms with E-state index in [0.717, 1.165) is 23.4 Å². The van der Waals surface area contributed by atoms with Crippen molar-refractivity contribution < 1.29 is 4.74 Å². The highest BCUT2D eigenvalue weighted by molar-refractivity contribution is 5.59. The lowest BCUT2D eigenvalue weighted by Crippen LogP contribution is -2.03. The Labute approximate surface area is 113 Å². The van der Waals surface area contributed by atoms with Crippen LogP contribution in [-0.4, -0.2) is 17.1 Å². The molecule has 0 radical (unpaired) electrons. The standard InChI is InChI=1S/C15H19N3O/c1-10(2)7-12-9-14(16)18-15(17-12)11-5-4-6-13(8-11)19-3/h4-6,8-10H,7H2,1-3H3,(H2,16,17,18). The summed E-state index contributed by atoms with van der Waals surface area (Å²) in [5, 5.41) is 0. The molecule has 0 amide bonds. The fourth-order valence-corrected chi connectivity index (χ4v) is 1.93. The van der Waals surface area contributed by atoms with Crippen molar-refractivity contribution in [3.8, 4) is 17.1 Å². The van der Waals surface area contributed by atoms with Gasteiger partial charge in [-0.2, -0.15) is 0 Å². The summed E-state index contributed by atoms with van der Waals surface area (Å²) in [6, 6.07) is 9.52. The maximum Gasteiger partial charge on any atom is 0.161 e. The first-order valence-electron chi connectivity index (χ1n) is 6.36. The summed E-state index contributed by atoms with van der Waals surface area (Å²) in [6.07, 6.45) is 0.893. The van der Waals surface area contributed by atoms with Crippen LogP contribution >= 0.6 is 0 Å². The van der Waals surface area contributed by atoms with Crippen LogP contribution in [0.25, 0.3) is 11.4 Å². The third-order valence-corrected chi connectivity index (χ3v) is 2.74. The molecule has 2 aromatic rings. The quantitative estimate of drug-likeness (QED) is 0.914. The summed E-state index contributed by atoms with van der Waals surface area (Å²) in [5.41, 5.74) is 7.75. The lowest BCUT2D eigenvalue weighted by atomic mass is 10.1. The summed E-state index contributed by atoms with van der Waals surface area (Å²) >= 11 is 0. The molecule has 19 heavy (non-hydrogen) atoms. The number of rotatable bonds is 4. The fourth-order valence-electron chi connectivity index (χ4n) is 1.93. The van der Waals surface area contributed by atoms with E-state index in [4.69, 9.17) is 10.5 Å². The zero-order valence-corrected chi connectivity index (χ0v) is 11.6. The van der Waals surface area contributed by atoms with Crippen molar-refractivity contribution in [1.29, 1.82) is 0 Å². The van der Waals surface area contributed by atoms with E-state index in [1.54, 1.807) is 7.11 Å². The largest absolute Gasteiger partial charge is 0.497 e. The number of anilines is 1. The van der Waals surface area contributed by atoms with Crippen LogP contribution in [0.2, 0.25) is 0 Å². The van der Waals surface area contributed by atoms with Crippen molar-refractivity contribution in [3.05, 3.63) is 36.0 Å². The average molecular weight is 257 g/mol. The molecule has 0 saturated carbocycles. The molecule has 0 saturated heterocycles. The molecule has 4 heteroatoms. The first-order chi connectivity index (χ1) is 9.08. The van der Waals surface area contributed by atoms with Gasteiger partial charge in [0.2, 0.25) is 0 Å². The van der Waals surface area contributed by atoms with E-state index in [2.05, 4.69) is 23.8 Å². The number of nitrogens with two attached hydrogens (primary N) is 1. The summed E-state index contributed by atoms with van der Waals surface area (Å²) in [5.74, 6) is 2.47. The molecule has 2 rings (SSSR count). The third kappa shape index (κ3) is 3.44. The summed E-state index contributed by atoms with van der Waals surface area (Å²) in [6.45, 7) is 4.31. The van der Waals surface area contributed by atoms with Crippen LogP contribution in [0.3, 0.4) is 0 Å². The third-order valence-electron chi connectivity index (χ3n) is 2.74. The average Bonchev–Trinajstić information content (AvgIpc) is 2.37. The Bertz CT molecular complexity index is 567. The molecule has 0 spiro atoms. The van der Waals surface area contributed by atoms with Gasteiger partial charge in [0.25, 0.3) is 0 Å². The van der Waals surface area contributed by atoms with E-state index < -0.39 is 0 Å². The molecule has 1 heterocycles. The van der Waals surface area contributed by atoms with Gasteiger partial charge < -0.3 is 10.5 Å². The van der Waals surface area contributed by atoms with Crippen LogP contribution in [-0.2, 0) is 6.42 Å². The molecule has 100 valence electrons. The lowest BCUT2D eigenvalue weighted by Gasteiger charge is -2.08. The van der Waals surface area contributed by atoms with Gasteiger partial charge in [0.05, 0.1) is 7.11 Å². The Morgan fingerprint density at radius 3 is 2.68 bits per heavy atom. The van der Waals surface area contributed by atoms with E-state index >= 15 is 0 Å². The monoisotopic (exact) mass is 257 g/mol. The minimum Gasteiger partial charge on any atom is -0.497 e. The van der Waals surface area contributed by atoms with Gasteiger partial charge in [0.15, 0.2) is 5.82 Å². The normalized spacial score (nSPS) is 10.7. The van der Waals surface area contributed by atoms with Gasteiger partial charge in [0.1, 0.15) is 11.6 Å². The summed E-state index contributed by atoms with van der Waals surface area (Å²) in [4.78, 5) is 8.87. The zero-order chi connectivity index (χ0) is 13.8. The highest BCUT2D eigenvalue weighted by Crippen LogP contribution is 2.22. The van der Waals surface area contributed by atoms with Crippen molar-refractivity contribution in [2.24, 2.45) is 5.92 Å². The number of nitrogens with zero attached hydrogens (tertiary/aromatic N) is 2. The second-order valence-electron chi connectivity index (χ2n) is 4.94. The molecule has 0 aliphatic carbocycles. The van der Waals surface area contributed by atoms with Crippen molar-refractivity contribution in [2.75, 3.05) is 12.8 Å². The topological polar surface area (TPSA) is 61.0 Å². The zero-order valence-electron chi connectivity index (χ0n) is 11.6. The Kier molecular flexibility index (Phi) is 4.00. The maximum absolute atomic E-state index is 5.86. The van der Waals surface area contributed by atoms with Crippen molar-refractivity contribution >= 4 is 5.82 Å². The Hall–Kier alpha value is -2.10. The second kappa shape index (κ2) is 5.69.